The molecule has 138 valence electrons. The highest BCUT2D eigenvalue weighted by molar-refractivity contribution is 6.03. The maximum absolute atomic E-state index is 13.4. The second kappa shape index (κ2) is 7.41. The molecule has 2 N–H and O–H groups in total. The number of benzene rings is 2. The van der Waals surface area contributed by atoms with Crippen molar-refractivity contribution in [1.29, 1.82) is 0 Å². The molecule has 27 heavy (non-hydrogen) atoms. The molecule has 0 atom stereocenters. The number of halogens is 1. The van der Waals surface area contributed by atoms with Crippen molar-refractivity contribution in [2.75, 3.05) is 0 Å². The Balaban J connectivity index is 2.27. The van der Waals surface area contributed by atoms with E-state index < -0.39 is 22.9 Å². The van der Waals surface area contributed by atoms with Crippen molar-refractivity contribution in [3.05, 3.63) is 86.3 Å². The van der Waals surface area contributed by atoms with Gasteiger partial charge in [0.15, 0.2) is 0 Å². The molecule has 0 radical (unpaired) electrons. The number of aromatic amines is 1. The first-order valence-corrected chi connectivity index (χ1v) is 8.40. The van der Waals surface area contributed by atoms with Gasteiger partial charge in [-0.2, -0.15) is 0 Å². The molecule has 0 fully saturated rings. The van der Waals surface area contributed by atoms with Gasteiger partial charge < -0.3 is 5.11 Å². The number of aromatic hydroxyl groups is 1. The summed E-state index contributed by atoms with van der Waals surface area (Å²) in [7, 11) is 0. The third kappa shape index (κ3) is 3.57. The summed E-state index contributed by atoms with van der Waals surface area (Å²) in [5.41, 5.74) is 0.105. The van der Waals surface area contributed by atoms with Gasteiger partial charge in [-0.15, -0.1) is 0 Å². The van der Waals surface area contributed by atoms with Crippen LogP contribution in [0.1, 0.15) is 24.5 Å². The van der Waals surface area contributed by atoms with E-state index in [4.69, 9.17) is 0 Å². The Morgan fingerprint density at radius 1 is 1.19 bits per heavy atom. The molecule has 7 heteroatoms. The average Bonchev–Trinajstić information content (AvgIpc) is 2.62. The van der Waals surface area contributed by atoms with E-state index in [1.165, 1.54) is 18.2 Å². The predicted octanol–water partition coefficient (Wildman–Crippen LogP) is 3.21. The fraction of sp³-hybridized carbons (Fsp3) is 0.150. The van der Waals surface area contributed by atoms with Gasteiger partial charge in [-0.05, 0) is 43.2 Å². The van der Waals surface area contributed by atoms with Gasteiger partial charge in [0.1, 0.15) is 11.4 Å². The number of rotatable bonds is 4. The lowest BCUT2D eigenvalue weighted by Crippen LogP contribution is -2.33. The van der Waals surface area contributed by atoms with E-state index in [1.54, 1.807) is 44.2 Å². The Morgan fingerprint density at radius 2 is 1.93 bits per heavy atom. The van der Waals surface area contributed by atoms with Crippen LogP contribution >= 0.6 is 0 Å². The lowest BCUT2D eigenvalue weighted by atomic mass is 10.1. The average molecular weight is 367 g/mol. The number of nitrogens with zero attached hydrogens (tertiary/aromatic N) is 2. The molecule has 3 rings (SSSR count). The van der Waals surface area contributed by atoms with Gasteiger partial charge in [-0.25, -0.2) is 13.8 Å². The molecule has 0 aliphatic carbocycles. The molecule has 0 spiro atoms. The number of hydrogen-bond donors (Lipinski definition) is 2. The Kier molecular flexibility index (Phi) is 5.03. The highest BCUT2D eigenvalue weighted by Gasteiger charge is 2.20. The molecular weight excluding hydrogens is 349 g/mol. The van der Waals surface area contributed by atoms with Gasteiger partial charge in [0.2, 0.25) is 5.88 Å². The molecule has 6 nitrogen and oxygen atoms in total. The van der Waals surface area contributed by atoms with Crippen molar-refractivity contribution in [2.24, 2.45) is 4.99 Å². The summed E-state index contributed by atoms with van der Waals surface area (Å²) in [6.07, 6.45) is 0.291. The van der Waals surface area contributed by atoms with Crippen LogP contribution in [0.25, 0.3) is 5.69 Å². The Hall–Kier alpha value is -3.48. The molecule has 0 bridgehead atoms. The van der Waals surface area contributed by atoms with Crippen molar-refractivity contribution in [3.63, 3.8) is 0 Å². The number of para-hydroxylation sites is 1. The van der Waals surface area contributed by atoms with E-state index in [-0.39, 0.29) is 11.3 Å². The number of aromatic nitrogens is 2. The van der Waals surface area contributed by atoms with E-state index in [2.05, 4.69) is 9.98 Å². The van der Waals surface area contributed by atoms with Crippen LogP contribution in [0.3, 0.4) is 0 Å². The lowest BCUT2D eigenvalue weighted by molar-refractivity contribution is 0.429. The molecule has 1 aromatic heterocycles. The molecule has 0 saturated heterocycles. The molecular formula is C20H18FN3O3. The molecule has 0 aliphatic heterocycles. The Labute approximate surface area is 154 Å². The minimum absolute atomic E-state index is 0.121. The predicted molar refractivity (Wildman–Crippen MR) is 102 cm³/mol. The van der Waals surface area contributed by atoms with E-state index in [1.807, 2.05) is 0 Å². The van der Waals surface area contributed by atoms with Gasteiger partial charge in [0, 0.05) is 0 Å². The smallest absolute Gasteiger partial charge is 0.335 e. The van der Waals surface area contributed by atoms with Crippen LogP contribution in [0.15, 0.2) is 63.1 Å². The van der Waals surface area contributed by atoms with Crippen LogP contribution < -0.4 is 11.2 Å². The van der Waals surface area contributed by atoms with Crippen LogP contribution in [0.2, 0.25) is 0 Å². The summed E-state index contributed by atoms with van der Waals surface area (Å²) >= 11 is 0. The maximum atomic E-state index is 13.4. The fourth-order valence-corrected chi connectivity index (χ4v) is 2.84. The molecule has 0 aliphatic rings. The largest absolute Gasteiger partial charge is 0.493 e. The summed E-state index contributed by atoms with van der Waals surface area (Å²) < 4.78 is 14.5. The minimum atomic E-state index is -0.753. The summed E-state index contributed by atoms with van der Waals surface area (Å²) in [4.78, 5) is 31.3. The lowest BCUT2D eigenvalue weighted by Gasteiger charge is -2.14. The van der Waals surface area contributed by atoms with Gasteiger partial charge in [0.25, 0.3) is 5.56 Å². The number of aliphatic imine (C=N–C) groups is 1. The second-order valence-electron chi connectivity index (χ2n) is 5.97. The molecule has 2 aromatic carbocycles. The summed E-state index contributed by atoms with van der Waals surface area (Å²) in [6.45, 7) is 3.54. The number of hydrogen-bond acceptors (Lipinski definition) is 4. The monoisotopic (exact) mass is 367 g/mol. The van der Waals surface area contributed by atoms with Gasteiger partial charge in [-0.1, -0.05) is 31.2 Å². The van der Waals surface area contributed by atoms with Crippen molar-refractivity contribution < 1.29 is 9.50 Å². The summed E-state index contributed by atoms with van der Waals surface area (Å²) in [6, 6.07) is 12.6. The SMILES string of the molecule is CCC(=Nc1cccc(F)c1)c1c(O)n(-c2ccccc2C)c(=O)[nH]c1=O. The zero-order chi connectivity index (χ0) is 19.6. The molecule has 0 unspecified atom stereocenters. The Bertz CT molecular complexity index is 1150. The van der Waals surface area contributed by atoms with Gasteiger partial charge in [0.05, 0.1) is 17.1 Å². The second-order valence-corrected chi connectivity index (χ2v) is 5.97. The standard InChI is InChI=1S/C20H18FN3O3/c1-3-15(22-14-9-6-8-13(21)11-14)17-18(25)23-20(27)24(19(17)26)16-10-5-4-7-12(16)2/h4-11,26H,3H2,1-2H3,(H,23,25,27). The summed E-state index contributed by atoms with van der Waals surface area (Å²) in [5, 5.41) is 10.8. The number of aryl methyl sites for hydroxylation is 1. The first-order chi connectivity index (χ1) is 12.9. The topological polar surface area (TPSA) is 87.4 Å². The van der Waals surface area contributed by atoms with E-state index in [0.717, 1.165) is 10.1 Å². The highest BCUT2D eigenvalue weighted by Crippen LogP contribution is 2.22. The first kappa shape index (κ1) is 18.3. The highest BCUT2D eigenvalue weighted by atomic mass is 19.1. The van der Waals surface area contributed by atoms with E-state index in [9.17, 15) is 19.1 Å². The van der Waals surface area contributed by atoms with Crippen molar-refractivity contribution in [1.82, 2.24) is 9.55 Å². The van der Waals surface area contributed by atoms with Crippen molar-refractivity contribution >= 4 is 11.4 Å². The Morgan fingerprint density at radius 3 is 2.59 bits per heavy atom. The normalized spacial score (nSPS) is 11.6. The van der Waals surface area contributed by atoms with Crippen LogP contribution in [0.5, 0.6) is 5.88 Å². The van der Waals surface area contributed by atoms with E-state index in [0.29, 0.717) is 17.8 Å². The molecule has 1 heterocycles. The third-order valence-corrected chi connectivity index (χ3v) is 4.14. The first-order valence-electron chi connectivity index (χ1n) is 8.40. The maximum Gasteiger partial charge on any atom is 0.335 e. The number of H-pyrrole nitrogens is 1. The van der Waals surface area contributed by atoms with Crippen LogP contribution in [-0.2, 0) is 0 Å². The van der Waals surface area contributed by atoms with Crippen LogP contribution in [-0.4, -0.2) is 20.4 Å². The van der Waals surface area contributed by atoms with Crippen molar-refractivity contribution in [3.8, 4) is 11.6 Å². The van der Waals surface area contributed by atoms with Crippen molar-refractivity contribution in [2.45, 2.75) is 20.3 Å². The molecule has 3 aromatic rings. The summed E-state index contributed by atoms with van der Waals surface area (Å²) in [5.74, 6) is -0.968. The fourth-order valence-electron chi connectivity index (χ4n) is 2.84. The van der Waals surface area contributed by atoms with Gasteiger partial charge in [-0.3, -0.25) is 14.8 Å². The third-order valence-electron chi connectivity index (χ3n) is 4.14. The zero-order valence-corrected chi connectivity index (χ0v) is 14.9. The zero-order valence-electron chi connectivity index (χ0n) is 14.9. The molecule has 0 saturated carbocycles. The van der Waals surface area contributed by atoms with Gasteiger partial charge >= 0.3 is 5.69 Å². The number of nitrogens with one attached hydrogen (secondary N) is 1. The molecule has 0 amide bonds. The van der Waals surface area contributed by atoms with Crippen LogP contribution in [0.4, 0.5) is 10.1 Å². The van der Waals surface area contributed by atoms with E-state index >= 15 is 0 Å². The minimum Gasteiger partial charge on any atom is -0.493 e. The van der Waals surface area contributed by atoms with Crippen LogP contribution in [0, 0.1) is 12.7 Å². The quantitative estimate of drug-likeness (QED) is 0.694.